The highest BCUT2D eigenvalue weighted by molar-refractivity contribution is 6.13. The number of hydrogen-bond donors (Lipinski definition) is 2. The number of anilines is 1. The minimum Gasteiger partial charge on any atom is -0.451 e. The van der Waals surface area contributed by atoms with E-state index in [2.05, 4.69) is 5.32 Å². The summed E-state index contributed by atoms with van der Waals surface area (Å²) in [5, 5.41) is 3.44. The van der Waals surface area contributed by atoms with Crippen molar-refractivity contribution in [2.45, 2.75) is 0 Å². The first-order valence-corrected chi connectivity index (χ1v) is 7.70. The summed E-state index contributed by atoms with van der Waals surface area (Å²) < 4.78 is 10.9. The monoisotopic (exact) mass is 348 g/mol. The second-order valence-corrected chi connectivity index (χ2v) is 5.59. The van der Waals surface area contributed by atoms with Crippen molar-refractivity contribution >= 4 is 39.4 Å². The first-order chi connectivity index (χ1) is 12.5. The lowest BCUT2D eigenvalue weighted by atomic mass is 10.2. The quantitative estimate of drug-likeness (QED) is 0.590. The van der Waals surface area contributed by atoms with E-state index >= 15 is 0 Å². The average Bonchev–Trinajstić information content (AvgIpc) is 3.00. The van der Waals surface area contributed by atoms with Crippen LogP contribution >= 0.6 is 0 Å². The second-order valence-electron chi connectivity index (χ2n) is 5.59. The average molecular weight is 348 g/mol. The zero-order valence-electron chi connectivity index (χ0n) is 13.3. The molecule has 0 aliphatic rings. The number of nitrogens with two attached hydrogens (primary N) is 1. The summed E-state index contributed by atoms with van der Waals surface area (Å²) >= 11 is 0. The topological polar surface area (TPSA) is 116 Å². The number of para-hydroxylation sites is 2. The van der Waals surface area contributed by atoms with Crippen molar-refractivity contribution < 1.29 is 18.4 Å². The van der Waals surface area contributed by atoms with Crippen LogP contribution in [0.15, 0.2) is 68.2 Å². The Morgan fingerprint density at radius 3 is 2.19 bits per heavy atom. The molecule has 3 N–H and O–H groups in total. The van der Waals surface area contributed by atoms with E-state index in [-0.39, 0.29) is 28.2 Å². The lowest BCUT2D eigenvalue weighted by Crippen LogP contribution is -2.18. The van der Waals surface area contributed by atoms with Gasteiger partial charge in [0.1, 0.15) is 16.9 Å². The minimum absolute atomic E-state index is 0.133. The summed E-state index contributed by atoms with van der Waals surface area (Å²) in [5.74, 6) is -1.88. The fraction of sp³-hybridized carbons (Fsp3) is 0. The van der Waals surface area contributed by atoms with Crippen LogP contribution in [-0.2, 0) is 0 Å². The van der Waals surface area contributed by atoms with E-state index in [0.717, 1.165) is 6.07 Å². The molecule has 7 heteroatoms. The molecular weight excluding hydrogens is 336 g/mol. The molecule has 7 nitrogen and oxygen atoms in total. The first kappa shape index (κ1) is 15.6. The van der Waals surface area contributed by atoms with Crippen molar-refractivity contribution in [3.63, 3.8) is 0 Å². The highest BCUT2D eigenvalue weighted by Gasteiger charge is 2.22. The molecular formula is C19H12N2O5. The molecule has 0 bridgehead atoms. The Balaban J connectivity index is 1.80. The first-order valence-electron chi connectivity index (χ1n) is 7.70. The molecule has 0 unspecified atom stereocenters. The van der Waals surface area contributed by atoms with Gasteiger partial charge in [0, 0.05) is 11.5 Å². The van der Waals surface area contributed by atoms with Gasteiger partial charge in [-0.05, 0) is 24.3 Å². The van der Waals surface area contributed by atoms with Crippen molar-refractivity contribution in [3.8, 4) is 0 Å². The molecule has 0 atom stereocenters. The number of hydrogen-bond acceptors (Lipinski definition) is 5. The SMILES string of the molecule is NC(=O)c1oc2ccccc2c1NC(=O)c1cc(=O)c2ccccc2o1. The zero-order valence-corrected chi connectivity index (χ0v) is 13.3. The fourth-order valence-corrected chi connectivity index (χ4v) is 2.73. The van der Waals surface area contributed by atoms with Crippen molar-refractivity contribution in [2.24, 2.45) is 5.73 Å². The summed E-state index contributed by atoms with van der Waals surface area (Å²) in [4.78, 5) is 36.4. The van der Waals surface area contributed by atoms with E-state index < -0.39 is 11.8 Å². The lowest BCUT2D eigenvalue weighted by molar-refractivity contribution is 0.0977. The van der Waals surface area contributed by atoms with Crippen LogP contribution in [0.1, 0.15) is 21.1 Å². The summed E-state index contributed by atoms with van der Waals surface area (Å²) in [7, 11) is 0. The minimum atomic E-state index is -0.823. The molecule has 4 rings (SSSR count). The Kier molecular flexibility index (Phi) is 3.54. The summed E-state index contributed by atoms with van der Waals surface area (Å²) in [6, 6.07) is 14.5. The van der Waals surface area contributed by atoms with Crippen molar-refractivity contribution in [1.82, 2.24) is 0 Å². The number of carbonyl (C=O) groups excluding carboxylic acids is 2. The maximum Gasteiger partial charge on any atom is 0.291 e. The van der Waals surface area contributed by atoms with Gasteiger partial charge in [0.2, 0.25) is 5.76 Å². The molecule has 2 heterocycles. The number of carbonyl (C=O) groups is 2. The largest absolute Gasteiger partial charge is 0.451 e. The smallest absolute Gasteiger partial charge is 0.291 e. The number of primary amides is 1. The molecule has 2 amide bonds. The van der Waals surface area contributed by atoms with Gasteiger partial charge in [0.15, 0.2) is 11.2 Å². The number of furan rings is 1. The van der Waals surface area contributed by atoms with Gasteiger partial charge in [-0.25, -0.2) is 0 Å². The van der Waals surface area contributed by atoms with Gasteiger partial charge >= 0.3 is 0 Å². The standard InChI is InChI=1S/C19H12N2O5/c20-18(23)17-16(11-6-2-4-8-14(11)26-17)21-19(24)15-9-12(22)10-5-1-3-7-13(10)25-15/h1-9H,(H2,20,23)(H,21,24). The Bertz CT molecular complexity index is 1240. The second kappa shape index (κ2) is 5.89. The molecule has 0 radical (unpaired) electrons. The Labute approximate surface area is 146 Å². The van der Waals surface area contributed by atoms with E-state index in [1.165, 1.54) is 0 Å². The van der Waals surface area contributed by atoms with Gasteiger partial charge in [-0.2, -0.15) is 0 Å². The molecule has 0 fully saturated rings. The van der Waals surface area contributed by atoms with E-state index in [9.17, 15) is 14.4 Å². The fourth-order valence-electron chi connectivity index (χ4n) is 2.73. The molecule has 2 aromatic carbocycles. The third-order valence-corrected chi connectivity index (χ3v) is 3.92. The molecule has 26 heavy (non-hydrogen) atoms. The third kappa shape index (κ3) is 2.51. The molecule has 0 spiro atoms. The van der Waals surface area contributed by atoms with Crippen LogP contribution in [-0.4, -0.2) is 11.8 Å². The van der Waals surface area contributed by atoms with E-state index in [1.807, 2.05) is 0 Å². The molecule has 0 aliphatic carbocycles. The number of benzene rings is 2. The number of amides is 2. The maximum absolute atomic E-state index is 12.6. The molecule has 4 aromatic rings. The molecule has 2 aromatic heterocycles. The summed E-state index contributed by atoms with van der Waals surface area (Å²) in [6.07, 6.45) is 0. The van der Waals surface area contributed by atoms with Gasteiger partial charge < -0.3 is 19.9 Å². The van der Waals surface area contributed by atoms with E-state index in [4.69, 9.17) is 14.6 Å². The van der Waals surface area contributed by atoms with Gasteiger partial charge in [0.25, 0.3) is 11.8 Å². The van der Waals surface area contributed by atoms with Crippen LogP contribution in [0.5, 0.6) is 0 Å². The number of fused-ring (bicyclic) bond motifs is 2. The number of nitrogens with one attached hydrogen (secondary N) is 1. The van der Waals surface area contributed by atoms with Crippen LogP contribution in [0.25, 0.3) is 21.9 Å². The maximum atomic E-state index is 12.6. The van der Waals surface area contributed by atoms with Crippen LogP contribution in [0.2, 0.25) is 0 Å². The van der Waals surface area contributed by atoms with Crippen LogP contribution in [0, 0.1) is 0 Å². The van der Waals surface area contributed by atoms with Gasteiger partial charge in [-0.15, -0.1) is 0 Å². The Morgan fingerprint density at radius 1 is 0.885 bits per heavy atom. The van der Waals surface area contributed by atoms with Crippen LogP contribution < -0.4 is 16.5 Å². The lowest BCUT2D eigenvalue weighted by Gasteiger charge is -2.05. The van der Waals surface area contributed by atoms with Gasteiger partial charge in [-0.1, -0.05) is 24.3 Å². The summed E-state index contributed by atoms with van der Waals surface area (Å²) in [5.41, 5.74) is 5.81. The Hall–Kier alpha value is -3.87. The van der Waals surface area contributed by atoms with Crippen molar-refractivity contribution in [2.75, 3.05) is 5.32 Å². The third-order valence-electron chi connectivity index (χ3n) is 3.92. The van der Waals surface area contributed by atoms with Gasteiger partial charge in [0.05, 0.1) is 5.39 Å². The number of rotatable bonds is 3. The molecule has 128 valence electrons. The van der Waals surface area contributed by atoms with Gasteiger partial charge in [-0.3, -0.25) is 14.4 Å². The zero-order chi connectivity index (χ0) is 18.3. The van der Waals surface area contributed by atoms with Crippen molar-refractivity contribution in [1.29, 1.82) is 0 Å². The molecule has 0 saturated heterocycles. The van der Waals surface area contributed by atoms with Crippen molar-refractivity contribution in [3.05, 3.63) is 76.3 Å². The predicted molar refractivity (Wildman–Crippen MR) is 95.2 cm³/mol. The highest BCUT2D eigenvalue weighted by atomic mass is 16.4. The van der Waals surface area contributed by atoms with Crippen LogP contribution in [0.3, 0.4) is 0 Å². The van der Waals surface area contributed by atoms with E-state index in [0.29, 0.717) is 16.4 Å². The van der Waals surface area contributed by atoms with Crippen LogP contribution in [0.4, 0.5) is 5.69 Å². The Morgan fingerprint density at radius 2 is 1.50 bits per heavy atom. The highest BCUT2D eigenvalue weighted by Crippen LogP contribution is 2.31. The molecule has 0 saturated carbocycles. The van der Waals surface area contributed by atoms with E-state index in [1.54, 1.807) is 48.5 Å². The molecule has 0 aliphatic heterocycles. The predicted octanol–water partition coefficient (Wildman–Crippen LogP) is 2.89. The summed E-state index contributed by atoms with van der Waals surface area (Å²) in [6.45, 7) is 0. The normalized spacial score (nSPS) is 10.9.